The third-order valence-corrected chi connectivity index (χ3v) is 5.66. The van der Waals surface area contributed by atoms with Crippen molar-refractivity contribution in [1.29, 1.82) is 0 Å². The topological polar surface area (TPSA) is 94.6 Å². The van der Waals surface area contributed by atoms with Crippen LogP contribution in [0.3, 0.4) is 0 Å². The lowest BCUT2D eigenvalue weighted by atomic mass is 10.3. The van der Waals surface area contributed by atoms with Crippen LogP contribution in [-0.4, -0.2) is 34.6 Å². The molecule has 0 aliphatic heterocycles. The summed E-state index contributed by atoms with van der Waals surface area (Å²) in [5.74, 6) is -1.45. The Balaban J connectivity index is 1.36. The fourth-order valence-electron chi connectivity index (χ4n) is 3.11. The van der Waals surface area contributed by atoms with E-state index < -0.39 is 11.7 Å². The molecule has 0 saturated carbocycles. The van der Waals surface area contributed by atoms with Crippen LogP contribution in [0.4, 0.5) is 5.13 Å². The number of anilines is 1. The van der Waals surface area contributed by atoms with Gasteiger partial charge in [-0.2, -0.15) is 0 Å². The number of rotatable bonds is 7. The summed E-state index contributed by atoms with van der Waals surface area (Å²) in [7, 11) is 0. The lowest BCUT2D eigenvalue weighted by molar-refractivity contribution is -0.148. The van der Waals surface area contributed by atoms with Gasteiger partial charge in [-0.05, 0) is 31.2 Å². The van der Waals surface area contributed by atoms with E-state index in [1.807, 2.05) is 31.2 Å². The number of amides is 1. The van der Waals surface area contributed by atoms with Crippen LogP contribution in [0, 0.1) is 0 Å². The van der Waals surface area contributed by atoms with Crippen molar-refractivity contribution < 1.29 is 18.7 Å². The molecular formula is C21H19N3O5S. The molecule has 2 heterocycles. The van der Waals surface area contributed by atoms with Gasteiger partial charge in [-0.1, -0.05) is 35.6 Å². The number of hydrogen-bond donors (Lipinski definition) is 0. The number of aryl methyl sites for hydroxylation is 1. The monoisotopic (exact) mass is 425 g/mol. The minimum absolute atomic E-state index is 0.0516. The van der Waals surface area contributed by atoms with E-state index in [1.54, 1.807) is 24.3 Å². The predicted octanol–water partition coefficient (Wildman–Crippen LogP) is 3.19. The lowest BCUT2D eigenvalue weighted by Gasteiger charge is -2.17. The lowest BCUT2D eigenvalue weighted by Crippen LogP contribution is -2.34. The largest absolute Gasteiger partial charge is 0.455 e. The van der Waals surface area contributed by atoms with E-state index in [9.17, 15) is 14.4 Å². The van der Waals surface area contributed by atoms with Crippen LogP contribution in [0.1, 0.15) is 13.3 Å². The van der Waals surface area contributed by atoms with Crippen LogP contribution in [0.15, 0.2) is 57.7 Å². The summed E-state index contributed by atoms with van der Waals surface area (Å²) < 4.78 is 12.6. The molecule has 154 valence electrons. The van der Waals surface area contributed by atoms with Crippen LogP contribution in [0.5, 0.6) is 0 Å². The van der Waals surface area contributed by atoms with E-state index in [0.717, 1.165) is 10.2 Å². The highest BCUT2D eigenvalue weighted by Gasteiger charge is 2.20. The van der Waals surface area contributed by atoms with Gasteiger partial charge >= 0.3 is 11.7 Å². The molecule has 0 fully saturated rings. The maximum Gasteiger partial charge on any atom is 0.419 e. The predicted molar refractivity (Wildman–Crippen MR) is 114 cm³/mol. The normalized spacial score (nSPS) is 11.1. The average Bonchev–Trinajstić information content (AvgIpc) is 3.31. The Morgan fingerprint density at radius 3 is 2.73 bits per heavy atom. The molecule has 0 bridgehead atoms. The first kappa shape index (κ1) is 19.8. The second kappa shape index (κ2) is 8.50. The second-order valence-corrected chi connectivity index (χ2v) is 7.51. The first-order valence-corrected chi connectivity index (χ1v) is 10.3. The van der Waals surface area contributed by atoms with E-state index in [1.165, 1.54) is 20.8 Å². The number of aromatic nitrogens is 2. The molecule has 9 heteroatoms. The summed E-state index contributed by atoms with van der Waals surface area (Å²) >= 11 is 1.41. The highest BCUT2D eigenvalue weighted by molar-refractivity contribution is 7.22. The van der Waals surface area contributed by atoms with Crippen molar-refractivity contribution in [2.45, 2.75) is 19.9 Å². The summed E-state index contributed by atoms with van der Waals surface area (Å²) in [6.45, 7) is 1.97. The maximum atomic E-state index is 12.6. The number of para-hydroxylation sites is 3. The fraction of sp³-hybridized carbons (Fsp3) is 0.238. The van der Waals surface area contributed by atoms with Gasteiger partial charge in [0, 0.05) is 13.1 Å². The molecule has 0 aliphatic rings. The Morgan fingerprint density at radius 1 is 1.17 bits per heavy atom. The molecule has 4 rings (SSSR count). The Hall–Kier alpha value is -3.46. The molecule has 0 N–H and O–H groups in total. The van der Waals surface area contributed by atoms with Gasteiger partial charge in [-0.3, -0.25) is 19.1 Å². The van der Waals surface area contributed by atoms with Crippen LogP contribution >= 0.6 is 11.3 Å². The van der Waals surface area contributed by atoms with Crippen LogP contribution < -0.4 is 10.7 Å². The Labute approximate surface area is 175 Å². The van der Waals surface area contributed by atoms with E-state index in [4.69, 9.17) is 9.15 Å². The summed E-state index contributed by atoms with van der Waals surface area (Å²) in [6.07, 6.45) is -0.0516. The van der Waals surface area contributed by atoms with E-state index in [2.05, 4.69) is 4.98 Å². The molecule has 0 radical (unpaired) electrons. The molecule has 0 aliphatic carbocycles. The van der Waals surface area contributed by atoms with Crippen molar-refractivity contribution >= 4 is 49.7 Å². The van der Waals surface area contributed by atoms with Gasteiger partial charge in [0.2, 0.25) is 0 Å². The Bertz CT molecular complexity index is 1240. The van der Waals surface area contributed by atoms with Gasteiger partial charge in [-0.25, -0.2) is 9.78 Å². The van der Waals surface area contributed by atoms with E-state index in [-0.39, 0.29) is 25.5 Å². The molecule has 2 aromatic carbocycles. The van der Waals surface area contributed by atoms with Crippen LogP contribution in [0.2, 0.25) is 0 Å². The summed E-state index contributed by atoms with van der Waals surface area (Å²) in [6, 6.07) is 14.6. The Kier molecular flexibility index (Phi) is 5.62. The number of benzene rings is 2. The van der Waals surface area contributed by atoms with Crippen molar-refractivity contribution in [2.24, 2.45) is 0 Å². The first-order valence-electron chi connectivity index (χ1n) is 9.46. The third kappa shape index (κ3) is 3.97. The molecule has 30 heavy (non-hydrogen) atoms. The number of esters is 1. The van der Waals surface area contributed by atoms with Gasteiger partial charge < -0.3 is 9.15 Å². The van der Waals surface area contributed by atoms with Crippen LogP contribution in [0.25, 0.3) is 21.3 Å². The van der Waals surface area contributed by atoms with Gasteiger partial charge in [0.05, 0.1) is 22.2 Å². The molecule has 0 atom stereocenters. The minimum Gasteiger partial charge on any atom is -0.455 e. The molecule has 0 spiro atoms. The van der Waals surface area contributed by atoms with E-state index >= 15 is 0 Å². The number of oxazole rings is 1. The molecule has 0 unspecified atom stereocenters. The zero-order valence-electron chi connectivity index (χ0n) is 16.2. The van der Waals surface area contributed by atoms with Gasteiger partial charge in [0.1, 0.15) is 0 Å². The highest BCUT2D eigenvalue weighted by Crippen LogP contribution is 2.28. The third-order valence-electron chi connectivity index (χ3n) is 4.60. The Morgan fingerprint density at radius 2 is 1.93 bits per heavy atom. The van der Waals surface area contributed by atoms with Crippen molar-refractivity contribution in [1.82, 2.24) is 9.55 Å². The fourth-order valence-corrected chi connectivity index (χ4v) is 4.16. The first-order chi connectivity index (χ1) is 14.6. The number of carbonyl (C=O) groups is 2. The van der Waals surface area contributed by atoms with Gasteiger partial charge in [0.25, 0.3) is 5.91 Å². The molecule has 0 saturated heterocycles. The smallest absolute Gasteiger partial charge is 0.419 e. The van der Waals surface area contributed by atoms with Crippen molar-refractivity contribution in [2.75, 3.05) is 18.1 Å². The second-order valence-electron chi connectivity index (χ2n) is 6.50. The van der Waals surface area contributed by atoms with Crippen molar-refractivity contribution in [3.05, 3.63) is 59.1 Å². The zero-order valence-corrected chi connectivity index (χ0v) is 17.1. The minimum atomic E-state index is -0.569. The van der Waals surface area contributed by atoms with Crippen molar-refractivity contribution in [3.8, 4) is 0 Å². The highest BCUT2D eigenvalue weighted by atomic mass is 32.1. The molecular weight excluding hydrogens is 406 g/mol. The number of thiazole rings is 1. The summed E-state index contributed by atoms with van der Waals surface area (Å²) in [5.41, 5.74) is 1.89. The standard InChI is InChI=1S/C21H19N3O5S/c1-2-23(20-22-14-7-3-6-10-17(14)30-20)18(25)13-28-19(26)11-12-24-15-8-4-5-9-16(15)29-21(24)27/h3-10H,2,11-13H2,1H3. The number of hydrogen-bond acceptors (Lipinski definition) is 7. The van der Waals surface area contributed by atoms with Gasteiger partial charge in [0.15, 0.2) is 17.3 Å². The molecule has 2 aromatic heterocycles. The van der Waals surface area contributed by atoms with E-state index in [0.29, 0.717) is 22.8 Å². The molecule has 8 nitrogen and oxygen atoms in total. The summed E-state index contributed by atoms with van der Waals surface area (Å²) in [5, 5.41) is 0.566. The SMILES string of the molecule is CCN(C(=O)COC(=O)CCn1c(=O)oc2ccccc21)c1nc2ccccc2s1. The zero-order chi connectivity index (χ0) is 21.1. The molecule has 1 amide bonds. The number of nitrogens with zero attached hydrogens (tertiary/aromatic N) is 3. The van der Waals surface area contributed by atoms with Crippen molar-refractivity contribution in [3.63, 3.8) is 0 Å². The average molecular weight is 425 g/mol. The summed E-state index contributed by atoms with van der Waals surface area (Å²) in [4.78, 5) is 42.6. The van der Waals surface area contributed by atoms with Crippen LogP contribution in [-0.2, 0) is 20.9 Å². The number of ether oxygens (including phenoxy) is 1. The maximum absolute atomic E-state index is 12.6. The number of likely N-dealkylation sites (N-methyl/N-ethyl adjacent to an activating group) is 1. The van der Waals surface area contributed by atoms with Gasteiger partial charge in [-0.15, -0.1) is 0 Å². The molecule has 4 aromatic rings. The quantitative estimate of drug-likeness (QED) is 0.422. The number of carbonyl (C=O) groups excluding carboxylic acids is 2. The number of fused-ring (bicyclic) bond motifs is 2.